The van der Waals surface area contributed by atoms with Crippen LogP contribution in [0.25, 0.3) is 0 Å². The molecule has 2 aromatic carbocycles. The van der Waals surface area contributed by atoms with Gasteiger partial charge < -0.3 is 10.4 Å². The molecule has 2 aromatic rings. The van der Waals surface area contributed by atoms with Crippen LogP contribution in [0, 0.1) is 5.82 Å². The first kappa shape index (κ1) is 19.6. The van der Waals surface area contributed by atoms with Gasteiger partial charge >= 0.3 is 5.97 Å². The standard InChI is InChI=1S/C18H18FNO5S/c19-14-6-8-15(9-7-14)26(24,25)11-10-17(21)20-16(18(22)23)12-13-4-2-1-3-5-13/h1-9,16H,10-12H2,(H,20,21)(H,22,23). The van der Waals surface area contributed by atoms with Crippen molar-refractivity contribution >= 4 is 21.7 Å². The van der Waals surface area contributed by atoms with Gasteiger partial charge in [0.1, 0.15) is 11.9 Å². The zero-order valence-electron chi connectivity index (χ0n) is 13.8. The maximum absolute atomic E-state index is 12.9. The zero-order chi connectivity index (χ0) is 19.2. The minimum atomic E-state index is -3.76. The molecular weight excluding hydrogens is 361 g/mol. The molecule has 0 radical (unpaired) electrons. The molecule has 0 aromatic heterocycles. The number of nitrogens with one attached hydrogen (secondary N) is 1. The first-order valence-electron chi connectivity index (χ1n) is 7.82. The molecule has 1 unspecified atom stereocenters. The fourth-order valence-electron chi connectivity index (χ4n) is 2.30. The normalized spacial score (nSPS) is 12.3. The second kappa shape index (κ2) is 8.57. The van der Waals surface area contributed by atoms with Gasteiger partial charge in [-0.05, 0) is 29.8 Å². The number of carboxylic acids is 1. The number of carbonyl (C=O) groups excluding carboxylic acids is 1. The van der Waals surface area contributed by atoms with Gasteiger partial charge in [-0.25, -0.2) is 17.6 Å². The number of hydrogen-bond donors (Lipinski definition) is 2. The Kier molecular flexibility index (Phi) is 6.46. The molecule has 26 heavy (non-hydrogen) atoms. The molecule has 0 aliphatic carbocycles. The third-order valence-electron chi connectivity index (χ3n) is 3.69. The average molecular weight is 379 g/mol. The summed E-state index contributed by atoms with van der Waals surface area (Å²) < 4.78 is 37.2. The number of amides is 1. The van der Waals surface area contributed by atoms with Crippen LogP contribution in [0.1, 0.15) is 12.0 Å². The molecule has 1 atom stereocenters. The molecule has 2 rings (SSSR count). The highest BCUT2D eigenvalue weighted by molar-refractivity contribution is 7.91. The summed E-state index contributed by atoms with van der Waals surface area (Å²) in [5, 5.41) is 11.6. The van der Waals surface area contributed by atoms with Crippen molar-refractivity contribution in [1.29, 1.82) is 0 Å². The van der Waals surface area contributed by atoms with E-state index < -0.39 is 45.7 Å². The van der Waals surface area contributed by atoms with Gasteiger partial charge in [0.2, 0.25) is 5.91 Å². The summed E-state index contributed by atoms with van der Waals surface area (Å²) in [6.07, 6.45) is -0.301. The molecule has 138 valence electrons. The Bertz CT molecular complexity index is 866. The summed E-state index contributed by atoms with van der Waals surface area (Å²) in [5.74, 6) is -2.95. The van der Waals surface area contributed by atoms with E-state index >= 15 is 0 Å². The van der Waals surface area contributed by atoms with E-state index in [9.17, 15) is 27.5 Å². The summed E-state index contributed by atoms with van der Waals surface area (Å²) in [4.78, 5) is 23.2. The molecule has 1 amide bonds. The second-order valence-corrected chi connectivity index (χ2v) is 7.78. The van der Waals surface area contributed by atoms with Crippen molar-refractivity contribution < 1.29 is 27.5 Å². The third kappa shape index (κ3) is 5.66. The first-order chi connectivity index (χ1) is 12.3. The Morgan fingerprint density at radius 1 is 1.04 bits per heavy atom. The number of halogens is 1. The molecule has 0 saturated carbocycles. The first-order valence-corrected chi connectivity index (χ1v) is 9.47. The van der Waals surface area contributed by atoms with Gasteiger partial charge in [-0.1, -0.05) is 30.3 Å². The van der Waals surface area contributed by atoms with Gasteiger partial charge in [-0.2, -0.15) is 0 Å². The SMILES string of the molecule is O=C(CCS(=O)(=O)c1ccc(F)cc1)NC(Cc1ccccc1)C(=O)O. The lowest BCUT2D eigenvalue weighted by molar-refractivity contribution is -0.141. The van der Waals surface area contributed by atoms with Crippen LogP contribution in [0.5, 0.6) is 0 Å². The molecule has 8 heteroatoms. The molecular formula is C18H18FNO5S. The molecule has 2 N–H and O–H groups in total. The van der Waals surface area contributed by atoms with Crippen LogP contribution < -0.4 is 5.32 Å². The lowest BCUT2D eigenvalue weighted by Gasteiger charge is -2.14. The van der Waals surface area contributed by atoms with Gasteiger partial charge in [-0.15, -0.1) is 0 Å². The summed E-state index contributed by atoms with van der Waals surface area (Å²) in [7, 11) is -3.76. The highest BCUT2D eigenvalue weighted by atomic mass is 32.2. The van der Waals surface area contributed by atoms with Crippen LogP contribution in [0.3, 0.4) is 0 Å². The van der Waals surface area contributed by atoms with Crippen LogP contribution in [-0.2, 0) is 25.8 Å². The quantitative estimate of drug-likeness (QED) is 0.681. The maximum Gasteiger partial charge on any atom is 0.326 e. The van der Waals surface area contributed by atoms with Crippen molar-refractivity contribution in [3.63, 3.8) is 0 Å². The molecule has 0 bridgehead atoms. The van der Waals surface area contributed by atoms with Gasteiger partial charge in [0.15, 0.2) is 9.84 Å². The van der Waals surface area contributed by atoms with E-state index in [2.05, 4.69) is 5.32 Å². The van der Waals surface area contributed by atoms with Gasteiger partial charge in [0, 0.05) is 12.8 Å². The molecule has 0 spiro atoms. The number of aliphatic carboxylic acids is 1. The minimum Gasteiger partial charge on any atom is -0.480 e. The zero-order valence-corrected chi connectivity index (χ0v) is 14.6. The number of hydrogen-bond acceptors (Lipinski definition) is 4. The Morgan fingerprint density at radius 2 is 1.65 bits per heavy atom. The topological polar surface area (TPSA) is 101 Å². The fourth-order valence-corrected chi connectivity index (χ4v) is 3.54. The number of carbonyl (C=O) groups is 2. The molecule has 0 aliphatic heterocycles. The van der Waals surface area contributed by atoms with Crippen LogP contribution in [0.15, 0.2) is 59.5 Å². The summed E-state index contributed by atoms with van der Waals surface area (Å²) in [5.41, 5.74) is 0.735. The van der Waals surface area contributed by atoms with E-state index in [-0.39, 0.29) is 11.3 Å². The predicted molar refractivity (Wildman–Crippen MR) is 92.8 cm³/mol. The third-order valence-corrected chi connectivity index (χ3v) is 5.42. The largest absolute Gasteiger partial charge is 0.480 e. The van der Waals surface area contributed by atoms with Gasteiger partial charge in [0.25, 0.3) is 0 Å². The number of rotatable bonds is 8. The Balaban J connectivity index is 1.95. The van der Waals surface area contributed by atoms with Crippen LogP contribution in [-0.4, -0.2) is 37.2 Å². The Labute approximate surface area is 150 Å². The molecule has 0 aliphatic rings. The van der Waals surface area contributed by atoms with E-state index in [1.165, 1.54) is 0 Å². The van der Waals surface area contributed by atoms with E-state index in [0.717, 1.165) is 29.8 Å². The fraction of sp³-hybridized carbons (Fsp3) is 0.222. The molecule has 0 fully saturated rings. The summed E-state index contributed by atoms with van der Waals surface area (Å²) in [6, 6.07) is 11.9. The highest BCUT2D eigenvalue weighted by Gasteiger charge is 2.22. The van der Waals surface area contributed by atoms with Crippen molar-refractivity contribution in [3.05, 3.63) is 66.0 Å². The number of sulfone groups is 1. The van der Waals surface area contributed by atoms with Crippen molar-refractivity contribution in [1.82, 2.24) is 5.32 Å². The van der Waals surface area contributed by atoms with Crippen molar-refractivity contribution in [2.24, 2.45) is 0 Å². The van der Waals surface area contributed by atoms with E-state index in [4.69, 9.17) is 0 Å². The van der Waals surface area contributed by atoms with Crippen LogP contribution in [0.2, 0.25) is 0 Å². The number of carboxylic acid groups (broad SMARTS) is 1. The van der Waals surface area contributed by atoms with Crippen LogP contribution >= 0.6 is 0 Å². The molecule has 6 nitrogen and oxygen atoms in total. The van der Waals surface area contributed by atoms with Crippen molar-refractivity contribution in [2.75, 3.05) is 5.75 Å². The van der Waals surface area contributed by atoms with E-state index in [1.54, 1.807) is 30.3 Å². The molecule has 0 heterocycles. The second-order valence-electron chi connectivity index (χ2n) is 5.67. The smallest absolute Gasteiger partial charge is 0.326 e. The van der Waals surface area contributed by atoms with Crippen molar-refractivity contribution in [2.45, 2.75) is 23.8 Å². The Morgan fingerprint density at radius 3 is 2.23 bits per heavy atom. The maximum atomic E-state index is 12.9. The lowest BCUT2D eigenvalue weighted by atomic mass is 10.1. The number of benzene rings is 2. The van der Waals surface area contributed by atoms with Gasteiger partial charge in [0.05, 0.1) is 10.6 Å². The predicted octanol–water partition coefficient (Wildman–Crippen LogP) is 1.80. The van der Waals surface area contributed by atoms with E-state index in [1.807, 2.05) is 0 Å². The lowest BCUT2D eigenvalue weighted by Crippen LogP contribution is -2.42. The summed E-state index contributed by atoms with van der Waals surface area (Å²) >= 11 is 0. The van der Waals surface area contributed by atoms with Crippen molar-refractivity contribution in [3.8, 4) is 0 Å². The van der Waals surface area contributed by atoms with Gasteiger partial charge in [-0.3, -0.25) is 4.79 Å². The highest BCUT2D eigenvalue weighted by Crippen LogP contribution is 2.13. The average Bonchev–Trinajstić information content (AvgIpc) is 2.61. The van der Waals surface area contributed by atoms with E-state index in [0.29, 0.717) is 0 Å². The Hall–Kier alpha value is -2.74. The summed E-state index contributed by atoms with van der Waals surface area (Å²) in [6.45, 7) is 0. The minimum absolute atomic E-state index is 0.0899. The monoisotopic (exact) mass is 379 g/mol. The van der Waals surface area contributed by atoms with Crippen LogP contribution in [0.4, 0.5) is 4.39 Å². The molecule has 0 saturated heterocycles.